The predicted octanol–water partition coefficient (Wildman–Crippen LogP) is 1.14. The van der Waals surface area contributed by atoms with Crippen LogP contribution in [-0.4, -0.2) is 42.4 Å². The van der Waals surface area contributed by atoms with Gasteiger partial charge in [0.05, 0.1) is 7.11 Å². The molecule has 1 saturated heterocycles. The summed E-state index contributed by atoms with van der Waals surface area (Å²) in [5, 5.41) is 10.5. The third-order valence-corrected chi connectivity index (χ3v) is 3.82. The molecule has 0 bridgehead atoms. The summed E-state index contributed by atoms with van der Waals surface area (Å²) >= 11 is 0. The second-order valence-corrected chi connectivity index (χ2v) is 5.56. The maximum Gasteiger partial charge on any atom is 0.271 e. The van der Waals surface area contributed by atoms with Gasteiger partial charge in [-0.3, -0.25) is 4.79 Å². The van der Waals surface area contributed by atoms with Crippen LogP contribution in [0.1, 0.15) is 16.1 Å². The van der Waals surface area contributed by atoms with Crippen molar-refractivity contribution in [2.45, 2.75) is 6.92 Å². The second kappa shape index (κ2) is 6.19. The highest BCUT2D eigenvalue weighted by atomic mass is 16.5. The molecule has 2 heterocycles. The van der Waals surface area contributed by atoms with Crippen molar-refractivity contribution < 1.29 is 9.53 Å². The maximum absolute atomic E-state index is 12.1. The van der Waals surface area contributed by atoms with E-state index in [1.807, 2.05) is 25.1 Å². The highest BCUT2D eigenvalue weighted by Crippen LogP contribution is 2.23. The predicted molar refractivity (Wildman–Crippen MR) is 83.5 cm³/mol. The Balaban J connectivity index is 1.75. The van der Waals surface area contributed by atoms with Crippen LogP contribution in [0.25, 0.3) is 5.69 Å². The molecule has 1 amide bonds. The molecule has 1 aromatic heterocycles. The number of benzene rings is 1. The number of nitrogens with one attached hydrogen (secondary N) is 2. The van der Waals surface area contributed by atoms with Gasteiger partial charge in [0.2, 0.25) is 0 Å². The van der Waals surface area contributed by atoms with Crippen LogP contribution in [0.5, 0.6) is 5.75 Å². The Morgan fingerprint density at radius 3 is 2.95 bits per heavy atom. The van der Waals surface area contributed by atoms with Gasteiger partial charge in [-0.05, 0) is 30.7 Å². The molecule has 6 heteroatoms. The molecule has 116 valence electrons. The first-order valence-electron chi connectivity index (χ1n) is 7.37. The summed E-state index contributed by atoms with van der Waals surface area (Å²) in [6, 6.07) is 7.57. The first-order valence-corrected chi connectivity index (χ1v) is 7.37. The average Bonchev–Trinajstić information content (AvgIpc) is 2.95. The molecule has 0 spiro atoms. The first kappa shape index (κ1) is 14.6. The standard InChI is InChI=1S/C16H20N4O2/c1-11-3-4-15(22-2)14(7-11)20-6-5-13(19-20)16(21)18-10-12-8-17-9-12/h3-7,12,17H,8-10H2,1-2H3,(H,18,21). The summed E-state index contributed by atoms with van der Waals surface area (Å²) in [4.78, 5) is 12.1. The molecular weight excluding hydrogens is 280 g/mol. The molecule has 1 aromatic carbocycles. The average molecular weight is 300 g/mol. The molecule has 6 nitrogen and oxygen atoms in total. The number of hydrogen-bond donors (Lipinski definition) is 2. The monoisotopic (exact) mass is 300 g/mol. The summed E-state index contributed by atoms with van der Waals surface area (Å²) < 4.78 is 7.03. The fourth-order valence-electron chi connectivity index (χ4n) is 2.38. The molecule has 0 atom stereocenters. The van der Waals surface area contributed by atoms with Gasteiger partial charge in [0.15, 0.2) is 5.69 Å². The molecule has 1 fully saturated rings. The molecule has 1 aliphatic heterocycles. The van der Waals surface area contributed by atoms with E-state index < -0.39 is 0 Å². The molecule has 22 heavy (non-hydrogen) atoms. The van der Waals surface area contributed by atoms with Crippen LogP contribution in [0.15, 0.2) is 30.5 Å². The number of nitrogens with zero attached hydrogens (tertiary/aromatic N) is 2. The summed E-state index contributed by atoms with van der Waals surface area (Å²) in [5.74, 6) is 1.11. The summed E-state index contributed by atoms with van der Waals surface area (Å²) in [7, 11) is 1.62. The van der Waals surface area contributed by atoms with Gasteiger partial charge in [0.1, 0.15) is 11.4 Å². The normalized spacial score (nSPS) is 14.5. The minimum absolute atomic E-state index is 0.141. The molecule has 0 aliphatic carbocycles. The fourth-order valence-corrected chi connectivity index (χ4v) is 2.38. The van der Waals surface area contributed by atoms with E-state index in [0.717, 1.165) is 30.1 Å². The zero-order valence-electron chi connectivity index (χ0n) is 12.8. The summed E-state index contributed by atoms with van der Waals surface area (Å²) in [5.41, 5.74) is 2.34. The number of aryl methyl sites for hydroxylation is 1. The van der Waals surface area contributed by atoms with Gasteiger partial charge < -0.3 is 15.4 Å². The number of rotatable bonds is 5. The summed E-state index contributed by atoms with van der Waals surface area (Å²) in [6.07, 6.45) is 1.77. The lowest BCUT2D eigenvalue weighted by atomic mass is 10.0. The number of aromatic nitrogens is 2. The Morgan fingerprint density at radius 1 is 1.45 bits per heavy atom. The minimum Gasteiger partial charge on any atom is -0.494 e. The van der Waals surface area contributed by atoms with Crippen LogP contribution in [0, 0.1) is 12.8 Å². The van der Waals surface area contributed by atoms with Crippen molar-refractivity contribution in [3.63, 3.8) is 0 Å². The third-order valence-electron chi connectivity index (χ3n) is 3.82. The van der Waals surface area contributed by atoms with E-state index in [4.69, 9.17) is 4.74 Å². The molecule has 2 aromatic rings. The number of carbonyl (C=O) groups excluding carboxylic acids is 1. The van der Waals surface area contributed by atoms with E-state index in [1.54, 1.807) is 24.1 Å². The Kier molecular flexibility index (Phi) is 4.11. The topological polar surface area (TPSA) is 68.2 Å². The number of hydrogen-bond acceptors (Lipinski definition) is 4. The molecule has 2 N–H and O–H groups in total. The van der Waals surface area contributed by atoms with Crippen LogP contribution in [-0.2, 0) is 0 Å². The van der Waals surface area contributed by atoms with E-state index in [2.05, 4.69) is 15.7 Å². The lowest BCUT2D eigenvalue weighted by Gasteiger charge is -2.26. The molecular formula is C16H20N4O2. The van der Waals surface area contributed by atoms with Gasteiger partial charge in [-0.15, -0.1) is 0 Å². The number of ether oxygens (including phenoxy) is 1. The number of carbonyl (C=O) groups is 1. The fraction of sp³-hybridized carbons (Fsp3) is 0.375. The van der Waals surface area contributed by atoms with Gasteiger partial charge in [-0.2, -0.15) is 5.10 Å². The minimum atomic E-state index is -0.141. The lowest BCUT2D eigenvalue weighted by Crippen LogP contribution is -2.48. The van der Waals surface area contributed by atoms with Crippen LogP contribution in [0.4, 0.5) is 0 Å². The quantitative estimate of drug-likeness (QED) is 0.869. The second-order valence-electron chi connectivity index (χ2n) is 5.56. The zero-order chi connectivity index (χ0) is 15.5. The Bertz CT molecular complexity index is 677. The summed E-state index contributed by atoms with van der Waals surface area (Å²) in [6.45, 7) is 4.63. The van der Waals surface area contributed by atoms with Gasteiger partial charge >= 0.3 is 0 Å². The maximum atomic E-state index is 12.1. The highest BCUT2D eigenvalue weighted by molar-refractivity contribution is 5.92. The smallest absolute Gasteiger partial charge is 0.271 e. The van der Waals surface area contributed by atoms with Crippen LogP contribution >= 0.6 is 0 Å². The van der Waals surface area contributed by atoms with Gasteiger partial charge in [-0.25, -0.2) is 4.68 Å². The number of methoxy groups -OCH3 is 1. The van der Waals surface area contributed by atoms with E-state index in [1.165, 1.54) is 0 Å². The zero-order valence-corrected chi connectivity index (χ0v) is 12.8. The van der Waals surface area contributed by atoms with E-state index in [0.29, 0.717) is 18.2 Å². The molecule has 1 aliphatic rings. The van der Waals surface area contributed by atoms with E-state index >= 15 is 0 Å². The van der Waals surface area contributed by atoms with E-state index in [9.17, 15) is 4.79 Å². The van der Waals surface area contributed by atoms with Gasteiger partial charge in [-0.1, -0.05) is 6.07 Å². The van der Waals surface area contributed by atoms with Crippen molar-refractivity contribution >= 4 is 5.91 Å². The molecule has 3 rings (SSSR count). The Hall–Kier alpha value is -2.34. The number of amides is 1. The largest absolute Gasteiger partial charge is 0.494 e. The molecule has 0 radical (unpaired) electrons. The van der Waals surface area contributed by atoms with Crippen molar-refractivity contribution in [2.24, 2.45) is 5.92 Å². The Labute approximate surface area is 129 Å². The van der Waals surface area contributed by atoms with Crippen molar-refractivity contribution in [1.82, 2.24) is 20.4 Å². The van der Waals surface area contributed by atoms with Crippen molar-refractivity contribution in [1.29, 1.82) is 0 Å². The SMILES string of the molecule is COc1ccc(C)cc1-n1ccc(C(=O)NCC2CNC2)n1. The van der Waals surface area contributed by atoms with Crippen molar-refractivity contribution in [3.05, 3.63) is 41.7 Å². The van der Waals surface area contributed by atoms with Crippen LogP contribution in [0.2, 0.25) is 0 Å². The van der Waals surface area contributed by atoms with Crippen LogP contribution in [0.3, 0.4) is 0 Å². The molecule has 0 saturated carbocycles. The van der Waals surface area contributed by atoms with Gasteiger partial charge in [0, 0.05) is 31.7 Å². The van der Waals surface area contributed by atoms with Gasteiger partial charge in [0.25, 0.3) is 5.91 Å². The highest BCUT2D eigenvalue weighted by Gasteiger charge is 2.18. The third kappa shape index (κ3) is 2.96. The van der Waals surface area contributed by atoms with Crippen molar-refractivity contribution in [2.75, 3.05) is 26.7 Å². The Morgan fingerprint density at radius 2 is 2.27 bits per heavy atom. The lowest BCUT2D eigenvalue weighted by molar-refractivity contribution is 0.0937. The molecule has 0 unspecified atom stereocenters. The van der Waals surface area contributed by atoms with Crippen LogP contribution < -0.4 is 15.4 Å². The van der Waals surface area contributed by atoms with E-state index in [-0.39, 0.29) is 5.91 Å². The van der Waals surface area contributed by atoms with Crippen molar-refractivity contribution in [3.8, 4) is 11.4 Å². The first-order chi connectivity index (χ1) is 10.7.